The van der Waals surface area contributed by atoms with E-state index < -0.39 is 22.9 Å². The Labute approximate surface area is 308 Å². The molecule has 6 aliphatic carbocycles. The van der Waals surface area contributed by atoms with Crippen LogP contribution in [0, 0.1) is 34.4 Å². The van der Waals surface area contributed by atoms with Gasteiger partial charge in [0.15, 0.2) is 5.78 Å². The van der Waals surface area contributed by atoms with Gasteiger partial charge < -0.3 is 19.8 Å². The van der Waals surface area contributed by atoms with E-state index in [9.17, 15) is 24.2 Å². The van der Waals surface area contributed by atoms with Crippen molar-refractivity contribution in [2.45, 2.75) is 123 Å². The molecule has 0 radical (unpaired) electrons. The number of rotatable bonds is 8. The van der Waals surface area contributed by atoms with Gasteiger partial charge in [0.05, 0.1) is 24.9 Å². The number of nitrogens with zero attached hydrogens (tertiary/aromatic N) is 1. The highest BCUT2D eigenvalue weighted by Crippen LogP contribution is 2.62. The van der Waals surface area contributed by atoms with Crippen LogP contribution in [0.5, 0.6) is 0 Å². The van der Waals surface area contributed by atoms with Gasteiger partial charge in [0, 0.05) is 34.5 Å². The number of halogens is 2. The Bertz CT molecular complexity index is 1630. The molecular formula is C43H57ClFNO5. The Morgan fingerprint density at radius 2 is 1.86 bits per heavy atom. The minimum atomic E-state index is -1.25. The lowest BCUT2D eigenvalue weighted by molar-refractivity contribution is -0.120. The molecule has 0 spiro atoms. The van der Waals surface area contributed by atoms with Gasteiger partial charge in [-0.25, -0.2) is 9.18 Å². The summed E-state index contributed by atoms with van der Waals surface area (Å²) in [5.41, 5.74) is 1.80. The first-order valence-corrected chi connectivity index (χ1v) is 19.6. The predicted octanol–water partition coefficient (Wildman–Crippen LogP) is 9.47. The van der Waals surface area contributed by atoms with Gasteiger partial charge in [-0.05, 0) is 136 Å². The number of carbonyl (C=O) groups excluding carboxylic acids is 2. The third-order valence-corrected chi connectivity index (χ3v) is 14.2. The lowest BCUT2D eigenvalue weighted by atomic mass is 9.45. The van der Waals surface area contributed by atoms with E-state index in [0.29, 0.717) is 62.5 Å². The summed E-state index contributed by atoms with van der Waals surface area (Å²) in [6.07, 6.45) is 8.69. The quantitative estimate of drug-likeness (QED) is 0.210. The molecule has 8 rings (SSSR count). The average molecular weight is 722 g/mol. The number of hydrogen-bond acceptors (Lipinski definition) is 5. The van der Waals surface area contributed by atoms with Crippen molar-refractivity contribution in [3.05, 3.63) is 81.1 Å². The molecule has 0 heterocycles. The normalized spacial score (nSPS) is 31.5. The lowest BCUT2D eigenvalue weighted by Gasteiger charge is -2.60. The van der Waals surface area contributed by atoms with Crippen LogP contribution in [-0.2, 0) is 17.6 Å². The summed E-state index contributed by atoms with van der Waals surface area (Å²) in [5.74, 6) is 0.668. The summed E-state index contributed by atoms with van der Waals surface area (Å²) < 4.78 is 20.6. The highest BCUT2D eigenvalue weighted by atomic mass is 35.5. The number of aliphatic hydroxyl groups is 2. The van der Waals surface area contributed by atoms with Crippen LogP contribution < -0.4 is 0 Å². The monoisotopic (exact) mass is 721 g/mol. The first kappa shape index (κ1) is 38.0. The number of Topliss-reactive ketones (excluding diaryl/α,β-unsaturated/α-hetero) is 1. The number of amides is 1. The first-order chi connectivity index (χ1) is 24.2. The van der Waals surface area contributed by atoms with Crippen LogP contribution in [0.1, 0.15) is 125 Å². The van der Waals surface area contributed by atoms with Gasteiger partial charge in [-0.2, -0.15) is 0 Å². The van der Waals surface area contributed by atoms with Crippen molar-refractivity contribution in [1.82, 2.24) is 4.90 Å². The van der Waals surface area contributed by atoms with E-state index in [1.165, 1.54) is 30.5 Å². The van der Waals surface area contributed by atoms with Crippen LogP contribution in [-0.4, -0.2) is 58.4 Å². The Balaban J connectivity index is 1.38. The Kier molecular flexibility index (Phi) is 11.1. The molecule has 7 atom stereocenters. The third-order valence-electron chi connectivity index (χ3n) is 13.8. The molecule has 0 aromatic heterocycles. The highest BCUT2D eigenvalue weighted by Gasteiger charge is 2.59. The zero-order valence-corrected chi connectivity index (χ0v) is 31.9. The molecule has 8 heteroatoms. The van der Waals surface area contributed by atoms with Crippen molar-refractivity contribution in [3.8, 4) is 0 Å². The zero-order chi connectivity index (χ0) is 36.7. The molecule has 4 fully saturated rings. The second-order valence-corrected chi connectivity index (χ2v) is 17.4. The molecule has 4 bridgehead atoms. The zero-order valence-electron chi connectivity index (χ0n) is 31.2. The molecule has 2 N–H and O–H groups in total. The number of fused-ring (bicyclic) bond motifs is 10. The molecule has 1 amide bonds. The Morgan fingerprint density at radius 3 is 2.57 bits per heavy atom. The Morgan fingerprint density at radius 1 is 1.08 bits per heavy atom. The number of allylic oxidation sites excluding steroid dienone is 2. The molecule has 0 unspecified atom stereocenters. The molecule has 4 saturated carbocycles. The second kappa shape index (κ2) is 14.9. The predicted molar refractivity (Wildman–Crippen MR) is 200 cm³/mol. The van der Waals surface area contributed by atoms with Crippen molar-refractivity contribution in [2.75, 3.05) is 19.7 Å². The van der Waals surface area contributed by atoms with Gasteiger partial charge in [0.25, 0.3) is 0 Å². The summed E-state index contributed by atoms with van der Waals surface area (Å²) in [4.78, 5) is 29.7. The molecular weight excluding hydrogens is 665 g/mol. The topological polar surface area (TPSA) is 87.1 Å². The molecule has 51 heavy (non-hydrogen) atoms. The van der Waals surface area contributed by atoms with Gasteiger partial charge in [0.1, 0.15) is 5.82 Å². The van der Waals surface area contributed by atoms with Crippen molar-refractivity contribution in [2.24, 2.45) is 28.6 Å². The number of carbonyl (C=O) groups is 2. The van der Waals surface area contributed by atoms with Crippen molar-refractivity contribution in [1.29, 1.82) is 0 Å². The number of benzene rings is 2. The molecule has 2 aromatic carbocycles. The highest BCUT2D eigenvalue weighted by molar-refractivity contribution is 6.31. The molecule has 2 aromatic rings. The summed E-state index contributed by atoms with van der Waals surface area (Å²) in [6.45, 7) is 11.7. The van der Waals surface area contributed by atoms with Gasteiger partial charge in [0.2, 0.25) is 0 Å². The van der Waals surface area contributed by atoms with Crippen LogP contribution in [0.2, 0.25) is 5.02 Å². The smallest absolute Gasteiger partial charge is 0.409 e. The van der Waals surface area contributed by atoms with Crippen LogP contribution in [0.15, 0.2) is 48.0 Å². The number of aliphatic hydroxyl groups excluding tert-OH is 1. The SMILES string of the molecule is CCOC(=O)N(C[C@@H]1CC[C@H]2C[C@@H]1C2(C)C)C[C@]1(O)CC[C@H]2c3ccc(cc3C(=O)Cc3c(F)cccc3Cl)C[C@@H](O)CCC(C)=CCC[C@@]21C. The lowest BCUT2D eigenvalue weighted by Crippen LogP contribution is -2.58. The van der Waals surface area contributed by atoms with Crippen LogP contribution in [0.4, 0.5) is 9.18 Å². The molecule has 0 aliphatic heterocycles. The summed E-state index contributed by atoms with van der Waals surface area (Å²) in [7, 11) is 0. The number of hydrogen-bond donors (Lipinski definition) is 2. The standard InChI is InChI=1S/C43H57ClFNO5/c1-6-51-40(49)46(25-29-14-15-30-23-36(29)41(30,3)4)26-43(50)20-18-35-32-17-13-28(21-31(47)16-12-27(2)9-8-19-42(35,43)5)22-33(32)39(48)24-34-37(44)10-7-11-38(34)45/h7,9-11,13,17,22,29-31,35-36,47,50H,6,8,12,14-16,18-21,23-26H2,1-5H3/t29-,30-,31-,35-,36-,42-,43+/m0/s1. The van der Waals surface area contributed by atoms with E-state index in [-0.39, 0.29) is 53.4 Å². The average Bonchev–Trinajstić information content (AvgIpc) is 3.33. The van der Waals surface area contributed by atoms with E-state index in [0.717, 1.165) is 29.9 Å². The van der Waals surface area contributed by atoms with E-state index in [1.807, 2.05) is 25.1 Å². The van der Waals surface area contributed by atoms with E-state index in [4.69, 9.17) is 16.3 Å². The van der Waals surface area contributed by atoms with Gasteiger partial charge in [-0.3, -0.25) is 4.79 Å². The maximum atomic E-state index is 15.0. The molecule has 0 saturated heterocycles. The van der Waals surface area contributed by atoms with Gasteiger partial charge in [-0.15, -0.1) is 0 Å². The van der Waals surface area contributed by atoms with Crippen LogP contribution in [0.25, 0.3) is 0 Å². The Hall–Kier alpha value is -2.74. The van der Waals surface area contributed by atoms with Crippen LogP contribution >= 0.6 is 11.6 Å². The van der Waals surface area contributed by atoms with Crippen LogP contribution in [0.3, 0.4) is 0 Å². The molecule has 6 nitrogen and oxygen atoms in total. The fourth-order valence-electron chi connectivity index (χ4n) is 10.4. The van der Waals surface area contributed by atoms with E-state index in [2.05, 4.69) is 33.8 Å². The fourth-order valence-corrected chi connectivity index (χ4v) is 10.6. The maximum absolute atomic E-state index is 15.0. The minimum absolute atomic E-state index is 0.160. The molecule has 6 aliphatic rings. The number of ketones is 1. The van der Waals surface area contributed by atoms with Gasteiger partial charge in [-0.1, -0.05) is 62.2 Å². The number of ether oxygens (including phenoxy) is 1. The fraction of sp³-hybridized carbons (Fsp3) is 0.628. The second-order valence-electron chi connectivity index (χ2n) is 17.0. The van der Waals surface area contributed by atoms with Crippen molar-refractivity contribution in [3.63, 3.8) is 0 Å². The van der Waals surface area contributed by atoms with Gasteiger partial charge >= 0.3 is 6.09 Å². The van der Waals surface area contributed by atoms with Crippen molar-refractivity contribution >= 4 is 23.5 Å². The largest absolute Gasteiger partial charge is 0.450 e. The summed E-state index contributed by atoms with van der Waals surface area (Å²) in [5, 5.41) is 24.1. The van der Waals surface area contributed by atoms with E-state index >= 15 is 0 Å². The summed E-state index contributed by atoms with van der Waals surface area (Å²) >= 11 is 6.39. The third kappa shape index (κ3) is 7.42. The minimum Gasteiger partial charge on any atom is -0.450 e. The molecule has 278 valence electrons. The summed E-state index contributed by atoms with van der Waals surface area (Å²) in [6, 6.07) is 10.3. The van der Waals surface area contributed by atoms with E-state index in [1.54, 1.807) is 11.0 Å². The first-order valence-electron chi connectivity index (χ1n) is 19.2. The maximum Gasteiger partial charge on any atom is 0.409 e. The van der Waals surface area contributed by atoms with Crippen molar-refractivity contribution < 1.29 is 28.9 Å².